The lowest BCUT2D eigenvalue weighted by molar-refractivity contribution is -0.115. The van der Waals surface area contributed by atoms with Gasteiger partial charge in [0.15, 0.2) is 11.5 Å². The highest BCUT2D eigenvalue weighted by atomic mass is 32.2. The van der Waals surface area contributed by atoms with Crippen LogP contribution >= 0.6 is 11.8 Å². The molecule has 1 N–H and O–H groups in total. The van der Waals surface area contributed by atoms with E-state index >= 15 is 0 Å². The number of anilines is 1. The van der Waals surface area contributed by atoms with Gasteiger partial charge < -0.3 is 19.2 Å². The Kier molecular flexibility index (Phi) is 4.99. The van der Waals surface area contributed by atoms with Crippen LogP contribution in [0.15, 0.2) is 27.8 Å². The molecule has 1 amide bonds. The number of aryl methyl sites for hydroxylation is 2. The predicted octanol–water partition coefficient (Wildman–Crippen LogP) is 3.57. The highest BCUT2D eigenvalue weighted by molar-refractivity contribution is 8.00. The van der Waals surface area contributed by atoms with Gasteiger partial charge in [-0.15, -0.1) is 0 Å². The third kappa shape index (κ3) is 3.84. The summed E-state index contributed by atoms with van der Waals surface area (Å²) in [5.41, 5.74) is 1.52. The summed E-state index contributed by atoms with van der Waals surface area (Å²) in [6.07, 6.45) is 0.846. The van der Waals surface area contributed by atoms with Crippen molar-refractivity contribution in [2.75, 3.05) is 18.5 Å². The van der Waals surface area contributed by atoms with Crippen LogP contribution in [0.1, 0.15) is 24.8 Å². The summed E-state index contributed by atoms with van der Waals surface area (Å²) in [6.45, 7) is 6.80. The van der Waals surface area contributed by atoms with Gasteiger partial charge in [-0.2, -0.15) is 0 Å². The zero-order valence-corrected chi connectivity index (χ0v) is 14.7. The van der Waals surface area contributed by atoms with Gasteiger partial charge >= 0.3 is 0 Å². The summed E-state index contributed by atoms with van der Waals surface area (Å²) in [7, 11) is 0. The molecule has 1 aliphatic heterocycles. The number of carbonyl (C=O) groups excluding carboxylic acids is 1. The average molecular weight is 348 g/mol. The second-order valence-electron chi connectivity index (χ2n) is 5.58. The SMILES string of the molecule is Cc1nc(S[C@@H](C)C(=O)Nc2ccc3c(c2)OCCCO3)oc1C. The van der Waals surface area contributed by atoms with Crippen LogP contribution in [0.4, 0.5) is 5.69 Å². The van der Waals surface area contributed by atoms with Crippen LogP contribution in [0.2, 0.25) is 0 Å². The van der Waals surface area contributed by atoms with Crippen LogP contribution in [0.25, 0.3) is 0 Å². The van der Waals surface area contributed by atoms with Gasteiger partial charge in [0.25, 0.3) is 5.22 Å². The van der Waals surface area contributed by atoms with E-state index in [4.69, 9.17) is 13.9 Å². The molecule has 0 bridgehead atoms. The first-order valence-electron chi connectivity index (χ1n) is 7.84. The molecule has 1 aromatic carbocycles. The van der Waals surface area contributed by atoms with Gasteiger partial charge in [-0.1, -0.05) is 11.8 Å². The number of oxazole rings is 1. The van der Waals surface area contributed by atoms with E-state index < -0.39 is 0 Å². The Bertz CT molecular complexity index is 725. The van der Waals surface area contributed by atoms with E-state index in [0.29, 0.717) is 35.6 Å². The largest absolute Gasteiger partial charge is 0.490 e. The molecular formula is C17H20N2O4S. The van der Waals surface area contributed by atoms with E-state index in [-0.39, 0.29) is 11.2 Å². The molecule has 0 aliphatic carbocycles. The summed E-state index contributed by atoms with van der Waals surface area (Å²) in [4.78, 5) is 16.7. The molecular weight excluding hydrogens is 328 g/mol. The zero-order chi connectivity index (χ0) is 17.1. The fraction of sp³-hybridized carbons (Fsp3) is 0.412. The number of carbonyl (C=O) groups is 1. The molecule has 2 heterocycles. The van der Waals surface area contributed by atoms with Crippen molar-refractivity contribution in [3.63, 3.8) is 0 Å². The number of ether oxygens (including phenoxy) is 2. The van der Waals surface area contributed by atoms with Crippen LogP contribution in [-0.4, -0.2) is 29.4 Å². The number of thioether (sulfide) groups is 1. The van der Waals surface area contributed by atoms with Gasteiger partial charge in [-0.05, 0) is 32.9 Å². The third-order valence-electron chi connectivity index (χ3n) is 3.67. The summed E-state index contributed by atoms with van der Waals surface area (Å²) < 4.78 is 16.7. The number of hydrogen-bond donors (Lipinski definition) is 1. The minimum Gasteiger partial charge on any atom is -0.490 e. The van der Waals surface area contributed by atoms with Crippen molar-refractivity contribution < 1.29 is 18.7 Å². The molecule has 1 aliphatic rings. The maximum absolute atomic E-state index is 12.4. The fourth-order valence-electron chi connectivity index (χ4n) is 2.18. The lowest BCUT2D eigenvalue weighted by atomic mass is 10.2. The Balaban J connectivity index is 1.64. The van der Waals surface area contributed by atoms with Crippen LogP contribution in [-0.2, 0) is 4.79 Å². The Morgan fingerprint density at radius 2 is 2.00 bits per heavy atom. The van der Waals surface area contributed by atoms with Crippen molar-refractivity contribution in [2.45, 2.75) is 37.7 Å². The number of amides is 1. The molecule has 24 heavy (non-hydrogen) atoms. The maximum Gasteiger partial charge on any atom is 0.256 e. The quantitative estimate of drug-likeness (QED) is 0.852. The first-order chi connectivity index (χ1) is 11.5. The zero-order valence-electron chi connectivity index (χ0n) is 13.9. The number of aromatic nitrogens is 1. The number of nitrogens with zero attached hydrogens (tertiary/aromatic N) is 1. The molecule has 0 fully saturated rings. The second-order valence-corrected chi connectivity index (χ2v) is 6.87. The van der Waals surface area contributed by atoms with Crippen LogP contribution in [0.3, 0.4) is 0 Å². The minimum atomic E-state index is -0.335. The molecule has 128 valence electrons. The van der Waals surface area contributed by atoms with Gasteiger partial charge in [-0.3, -0.25) is 4.79 Å². The van der Waals surface area contributed by atoms with E-state index in [2.05, 4.69) is 10.3 Å². The van der Waals surface area contributed by atoms with Gasteiger partial charge in [-0.25, -0.2) is 4.98 Å². The standard InChI is InChI=1S/C17H20N2O4S/c1-10-11(2)23-17(18-10)24-12(3)16(20)19-13-5-6-14-15(9-13)22-8-4-7-21-14/h5-6,9,12H,4,7-8H2,1-3H3,(H,19,20)/t12-/m0/s1. The van der Waals surface area contributed by atoms with E-state index in [0.717, 1.165) is 17.9 Å². The van der Waals surface area contributed by atoms with Crippen molar-refractivity contribution in [3.8, 4) is 11.5 Å². The number of nitrogens with one attached hydrogen (secondary N) is 1. The van der Waals surface area contributed by atoms with Crippen molar-refractivity contribution in [1.29, 1.82) is 0 Å². The number of rotatable bonds is 4. The van der Waals surface area contributed by atoms with E-state index in [9.17, 15) is 4.79 Å². The number of hydrogen-bond acceptors (Lipinski definition) is 6. The molecule has 2 aromatic rings. The van der Waals surface area contributed by atoms with Gasteiger partial charge in [0.05, 0.1) is 24.2 Å². The van der Waals surface area contributed by atoms with Gasteiger partial charge in [0.2, 0.25) is 5.91 Å². The molecule has 7 heteroatoms. The number of benzene rings is 1. The highest BCUT2D eigenvalue weighted by Gasteiger charge is 2.19. The second kappa shape index (κ2) is 7.17. The molecule has 0 radical (unpaired) electrons. The number of fused-ring (bicyclic) bond motifs is 1. The van der Waals surface area contributed by atoms with E-state index in [1.807, 2.05) is 32.9 Å². The van der Waals surface area contributed by atoms with Gasteiger partial charge in [0.1, 0.15) is 5.76 Å². The summed E-state index contributed by atoms with van der Waals surface area (Å²) >= 11 is 1.29. The molecule has 0 spiro atoms. The first kappa shape index (κ1) is 16.7. The average Bonchev–Trinajstić information content (AvgIpc) is 2.75. The van der Waals surface area contributed by atoms with Gasteiger partial charge in [0, 0.05) is 18.2 Å². The normalized spacial score (nSPS) is 14.8. The van der Waals surface area contributed by atoms with Crippen molar-refractivity contribution >= 4 is 23.4 Å². The highest BCUT2D eigenvalue weighted by Crippen LogP contribution is 2.33. The molecule has 3 rings (SSSR count). The molecule has 0 unspecified atom stereocenters. The Morgan fingerprint density at radius 1 is 1.25 bits per heavy atom. The Morgan fingerprint density at radius 3 is 2.71 bits per heavy atom. The van der Waals surface area contributed by atoms with Crippen LogP contribution in [0.5, 0.6) is 11.5 Å². The smallest absolute Gasteiger partial charge is 0.256 e. The van der Waals surface area contributed by atoms with Crippen LogP contribution < -0.4 is 14.8 Å². The lowest BCUT2D eigenvalue weighted by Crippen LogP contribution is -2.22. The third-order valence-corrected chi connectivity index (χ3v) is 4.61. The molecule has 1 aromatic heterocycles. The summed E-state index contributed by atoms with van der Waals surface area (Å²) in [5.74, 6) is 2.01. The monoisotopic (exact) mass is 348 g/mol. The van der Waals surface area contributed by atoms with Crippen molar-refractivity contribution in [1.82, 2.24) is 4.98 Å². The van der Waals surface area contributed by atoms with Crippen molar-refractivity contribution in [2.24, 2.45) is 0 Å². The van der Waals surface area contributed by atoms with E-state index in [1.54, 1.807) is 6.07 Å². The Labute approximate surface area is 144 Å². The lowest BCUT2D eigenvalue weighted by Gasteiger charge is -2.12. The minimum absolute atomic E-state index is 0.122. The molecule has 0 saturated carbocycles. The van der Waals surface area contributed by atoms with E-state index in [1.165, 1.54) is 11.8 Å². The summed E-state index contributed by atoms with van der Waals surface area (Å²) in [5, 5.41) is 3.06. The topological polar surface area (TPSA) is 73.6 Å². The maximum atomic E-state index is 12.4. The molecule has 6 nitrogen and oxygen atoms in total. The summed E-state index contributed by atoms with van der Waals surface area (Å²) in [6, 6.07) is 5.41. The van der Waals surface area contributed by atoms with Crippen LogP contribution in [0, 0.1) is 13.8 Å². The first-order valence-corrected chi connectivity index (χ1v) is 8.72. The predicted molar refractivity (Wildman–Crippen MR) is 92.0 cm³/mol. The molecule has 0 saturated heterocycles. The fourth-order valence-corrected chi connectivity index (χ4v) is 3.01. The molecule has 1 atom stereocenters. The Hall–Kier alpha value is -2.15. The van der Waals surface area contributed by atoms with Crippen molar-refractivity contribution in [3.05, 3.63) is 29.7 Å².